The van der Waals surface area contributed by atoms with Gasteiger partial charge < -0.3 is 9.64 Å². The van der Waals surface area contributed by atoms with Gasteiger partial charge in [-0.1, -0.05) is 0 Å². The van der Waals surface area contributed by atoms with Gasteiger partial charge in [0.1, 0.15) is 0 Å². The van der Waals surface area contributed by atoms with Gasteiger partial charge in [0.05, 0.1) is 13.2 Å². The van der Waals surface area contributed by atoms with Crippen LogP contribution in [0.1, 0.15) is 23.4 Å². The number of rotatable bonds is 2. The predicted octanol–water partition coefficient (Wildman–Crippen LogP) is 2.67. The van der Waals surface area contributed by atoms with Gasteiger partial charge >= 0.3 is 0 Å². The summed E-state index contributed by atoms with van der Waals surface area (Å²) in [4.78, 5) is 12.5. The van der Waals surface area contributed by atoms with E-state index in [1.165, 1.54) is 10.4 Å². The average molecular weight is 261 g/mol. The number of methoxy groups -OCH3 is 1. The molecular formula is C13H15N3OS. The average Bonchev–Trinajstić information content (AvgIpc) is 2.88. The molecule has 0 bridgehead atoms. The van der Waals surface area contributed by atoms with Gasteiger partial charge in [-0.2, -0.15) is 4.98 Å². The van der Waals surface area contributed by atoms with Crippen molar-refractivity contribution in [2.75, 3.05) is 18.6 Å². The number of fused-ring (bicyclic) bond motifs is 1. The highest BCUT2D eigenvalue weighted by atomic mass is 32.1. The predicted molar refractivity (Wildman–Crippen MR) is 72.4 cm³/mol. The summed E-state index contributed by atoms with van der Waals surface area (Å²) < 4.78 is 5.16. The number of nitrogens with zero attached hydrogens (tertiary/aromatic N) is 3. The van der Waals surface area contributed by atoms with E-state index in [4.69, 9.17) is 4.74 Å². The van der Waals surface area contributed by atoms with Gasteiger partial charge in [0.15, 0.2) is 0 Å². The largest absolute Gasteiger partial charge is 0.481 e. The Kier molecular flexibility index (Phi) is 2.91. The van der Waals surface area contributed by atoms with Crippen LogP contribution in [-0.2, 0) is 6.42 Å². The Morgan fingerprint density at radius 1 is 1.44 bits per heavy atom. The van der Waals surface area contributed by atoms with Crippen molar-refractivity contribution in [1.82, 2.24) is 9.97 Å². The normalized spacial score (nSPS) is 18.6. The van der Waals surface area contributed by atoms with E-state index in [2.05, 4.69) is 33.2 Å². The summed E-state index contributed by atoms with van der Waals surface area (Å²) in [5.74, 6) is 1.36. The molecule has 0 aliphatic carbocycles. The van der Waals surface area contributed by atoms with E-state index < -0.39 is 0 Å². The summed E-state index contributed by atoms with van der Waals surface area (Å²) in [7, 11) is 1.63. The third-order valence-electron chi connectivity index (χ3n) is 3.36. The summed E-state index contributed by atoms with van der Waals surface area (Å²) in [5, 5.41) is 2.16. The quantitative estimate of drug-likeness (QED) is 0.833. The molecule has 4 nitrogen and oxygen atoms in total. The van der Waals surface area contributed by atoms with E-state index in [1.54, 1.807) is 19.4 Å². The lowest BCUT2D eigenvalue weighted by atomic mass is 10.0. The minimum Gasteiger partial charge on any atom is -0.481 e. The maximum absolute atomic E-state index is 5.16. The van der Waals surface area contributed by atoms with E-state index in [-0.39, 0.29) is 0 Å². The van der Waals surface area contributed by atoms with Crippen LogP contribution in [0.5, 0.6) is 5.88 Å². The molecule has 3 rings (SSSR count). The Balaban J connectivity index is 1.94. The molecule has 94 valence electrons. The zero-order valence-corrected chi connectivity index (χ0v) is 11.3. The Morgan fingerprint density at radius 2 is 2.33 bits per heavy atom. The second kappa shape index (κ2) is 4.57. The maximum atomic E-state index is 5.16. The topological polar surface area (TPSA) is 38.2 Å². The first kappa shape index (κ1) is 11.5. The van der Waals surface area contributed by atoms with E-state index >= 15 is 0 Å². The van der Waals surface area contributed by atoms with Gasteiger partial charge in [-0.05, 0) is 30.4 Å². The lowest BCUT2D eigenvalue weighted by Gasteiger charge is -2.33. The fourth-order valence-corrected chi connectivity index (χ4v) is 3.33. The molecule has 1 aliphatic rings. The van der Waals surface area contributed by atoms with Crippen LogP contribution in [0.15, 0.2) is 23.7 Å². The first-order valence-electron chi connectivity index (χ1n) is 5.99. The van der Waals surface area contributed by atoms with Crippen molar-refractivity contribution >= 4 is 17.3 Å². The zero-order chi connectivity index (χ0) is 12.5. The van der Waals surface area contributed by atoms with Crippen molar-refractivity contribution in [2.24, 2.45) is 0 Å². The molecule has 0 unspecified atom stereocenters. The molecule has 0 spiro atoms. The molecule has 1 aliphatic heterocycles. The van der Waals surface area contributed by atoms with Crippen molar-refractivity contribution in [2.45, 2.75) is 19.4 Å². The van der Waals surface area contributed by atoms with Crippen LogP contribution in [0, 0.1) is 0 Å². The van der Waals surface area contributed by atoms with Crippen molar-refractivity contribution < 1.29 is 4.74 Å². The minimum absolute atomic E-state index is 0.326. The Labute approximate surface area is 110 Å². The lowest BCUT2D eigenvalue weighted by Crippen LogP contribution is -2.34. The second-order valence-electron chi connectivity index (χ2n) is 4.32. The minimum atomic E-state index is 0.326. The van der Waals surface area contributed by atoms with Gasteiger partial charge in [0.2, 0.25) is 11.8 Å². The molecule has 0 radical (unpaired) electrons. The van der Waals surface area contributed by atoms with E-state index in [1.807, 2.05) is 11.3 Å². The molecule has 2 aromatic rings. The smallest absolute Gasteiger partial charge is 0.229 e. The van der Waals surface area contributed by atoms with Gasteiger partial charge in [-0.25, -0.2) is 4.98 Å². The molecule has 3 heterocycles. The molecule has 0 fully saturated rings. The van der Waals surface area contributed by atoms with Gasteiger partial charge in [0.25, 0.3) is 0 Å². The zero-order valence-electron chi connectivity index (χ0n) is 10.5. The molecule has 2 aromatic heterocycles. The fourth-order valence-electron chi connectivity index (χ4n) is 2.37. The van der Waals surface area contributed by atoms with E-state index in [0.29, 0.717) is 11.9 Å². The number of hydrogen-bond donors (Lipinski definition) is 0. The van der Waals surface area contributed by atoms with Crippen LogP contribution >= 0.6 is 11.3 Å². The molecular weight excluding hydrogens is 246 g/mol. The summed E-state index contributed by atoms with van der Waals surface area (Å²) in [5.41, 5.74) is 1.40. The molecule has 0 aromatic carbocycles. The molecule has 1 atom stereocenters. The van der Waals surface area contributed by atoms with Crippen molar-refractivity contribution in [3.05, 3.63) is 34.2 Å². The standard InChI is InChI=1S/C13H15N3OS/c1-9-10-5-8-18-11(10)4-7-16(9)13-14-6-3-12(15-13)17-2/h3,5-6,8-9H,4,7H2,1-2H3/t9-/m1/s1. The van der Waals surface area contributed by atoms with E-state index in [0.717, 1.165) is 18.9 Å². The fraction of sp³-hybridized carbons (Fsp3) is 0.385. The first-order chi connectivity index (χ1) is 8.79. The Bertz CT molecular complexity index is 555. The van der Waals surface area contributed by atoms with Crippen LogP contribution in [0.4, 0.5) is 5.95 Å². The molecule has 0 saturated heterocycles. The summed E-state index contributed by atoms with van der Waals surface area (Å²) >= 11 is 1.84. The van der Waals surface area contributed by atoms with Gasteiger partial charge in [-0.15, -0.1) is 11.3 Å². The molecule has 0 N–H and O–H groups in total. The maximum Gasteiger partial charge on any atom is 0.229 e. The van der Waals surface area contributed by atoms with Crippen LogP contribution in [0.25, 0.3) is 0 Å². The van der Waals surface area contributed by atoms with Crippen LogP contribution in [-0.4, -0.2) is 23.6 Å². The number of anilines is 1. The summed E-state index contributed by atoms with van der Waals surface area (Å²) in [6.07, 6.45) is 2.81. The first-order valence-corrected chi connectivity index (χ1v) is 6.87. The van der Waals surface area contributed by atoms with Crippen molar-refractivity contribution in [3.63, 3.8) is 0 Å². The highest BCUT2D eigenvalue weighted by molar-refractivity contribution is 7.10. The van der Waals surface area contributed by atoms with Crippen molar-refractivity contribution in [1.29, 1.82) is 0 Å². The van der Waals surface area contributed by atoms with Crippen LogP contribution in [0.2, 0.25) is 0 Å². The molecule has 0 saturated carbocycles. The number of hydrogen-bond acceptors (Lipinski definition) is 5. The number of thiophene rings is 1. The number of ether oxygens (including phenoxy) is 1. The van der Waals surface area contributed by atoms with Crippen LogP contribution < -0.4 is 9.64 Å². The van der Waals surface area contributed by atoms with E-state index in [9.17, 15) is 0 Å². The monoisotopic (exact) mass is 261 g/mol. The second-order valence-corrected chi connectivity index (χ2v) is 5.32. The van der Waals surface area contributed by atoms with Crippen molar-refractivity contribution in [3.8, 4) is 5.88 Å². The SMILES string of the molecule is COc1ccnc(N2CCc3sccc3[C@H]2C)n1. The molecule has 18 heavy (non-hydrogen) atoms. The van der Waals surface area contributed by atoms with Gasteiger partial charge in [0, 0.05) is 23.7 Å². The molecule has 0 amide bonds. The third kappa shape index (κ3) is 1.84. The summed E-state index contributed by atoms with van der Waals surface area (Å²) in [6.45, 7) is 3.16. The lowest BCUT2D eigenvalue weighted by molar-refractivity contribution is 0.396. The highest BCUT2D eigenvalue weighted by Gasteiger charge is 2.26. The number of aromatic nitrogens is 2. The Morgan fingerprint density at radius 3 is 3.17 bits per heavy atom. The highest BCUT2D eigenvalue weighted by Crippen LogP contribution is 2.34. The summed E-state index contributed by atoms with van der Waals surface area (Å²) in [6, 6.07) is 4.30. The van der Waals surface area contributed by atoms with Crippen LogP contribution in [0.3, 0.4) is 0 Å². The van der Waals surface area contributed by atoms with Gasteiger partial charge in [-0.3, -0.25) is 0 Å². The third-order valence-corrected chi connectivity index (χ3v) is 4.36. The molecule has 5 heteroatoms. The Hall–Kier alpha value is -1.62.